The lowest BCUT2D eigenvalue weighted by molar-refractivity contribution is -0.120. The van der Waals surface area contributed by atoms with E-state index in [-0.39, 0.29) is 12.0 Å². The van der Waals surface area contributed by atoms with E-state index < -0.39 is 0 Å². The largest absolute Gasteiger partial charge is 0.453 e. The average Bonchev–Trinajstić information content (AvgIpc) is 2.55. The maximum Gasteiger partial charge on any atom is 0.409 e. The molecule has 0 unspecified atom stereocenters. The van der Waals surface area contributed by atoms with Crippen LogP contribution in [0.15, 0.2) is 24.3 Å². The summed E-state index contributed by atoms with van der Waals surface area (Å²) in [7, 11) is 1.39. The van der Waals surface area contributed by atoms with E-state index in [1.165, 1.54) is 7.11 Å². The summed E-state index contributed by atoms with van der Waals surface area (Å²) in [6, 6.07) is 7.28. The third-order valence-electron chi connectivity index (χ3n) is 3.91. The van der Waals surface area contributed by atoms with E-state index in [0.717, 1.165) is 18.4 Å². The van der Waals surface area contributed by atoms with E-state index in [0.29, 0.717) is 37.0 Å². The molecule has 5 nitrogen and oxygen atoms in total. The van der Waals surface area contributed by atoms with Crippen LogP contribution in [0.3, 0.4) is 0 Å². The quantitative estimate of drug-likeness (QED) is 0.925. The first-order chi connectivity index (χ1) is 10.6. The average molecular weight is 325 g/mol. The van der Waals surface area contributed by atoms with Gasteiger partial charge < -0.3 is 15.0 Å². The molecule has 2 amide bonds. The number of rotatable bonds is 4. The van der Waals surface area contributed by atoms with Gasteiger partial charge in [-0.05, 0) is 36.5 Å². The van der Waals surface area contributed by atoms with E-state index in [1.807, 2.05) is 12.1 Å². The Morgan fingerprint density at radius 2 is 1.91 bits per heavy atom. The molecular formula is C16H21ClN2O3. The second-order valence-electron chi connectivity index (χ2n) is 5.51. The van der Waals surface area contributed by atoms with Crippen molar-refractivity contribution >= 4 is 23.6 Å². The van der Waals surface area contributed by atoms with Crippen molar-refractivity contribution < 1.29 is 14.3 Å². The number of methoxy groups -OCH3 is 1. The Balaban J connectivity index is 1.69. The SMILES string of the molecule is COC(=O)N1CCC(CNC(=O)Cc2ccc(Cl)cc2)CC1. The van der Waals surface area contributed by atoms with Gasteiger partial charge in [-0.2, -0.15) is 0 Å². The molecule has 0 radical (unpaired) electrons. The van der Waals surface area contributed by atoms with E-state index in [9.17, 15) is 9.59 Å². The van der Waals surface area contributed by atoms with Crippen LogP contribution >= 0.6 is 11.6 Å². The number of carbonyl (C=O) groups is 2. The first-order valence-electron chi connectivity index (χ1n) is 7.42. The number of nitrogens with zero attached hydrogens (tertiary/aromatic N) is 1. The minimum atomic E-state index is -0.273. The predicted molar refractivity (Wildman–Crippen MR) is 84.9 cm³/mol. The topological polar surface area (TPSA) is 58.6 Å². The number of likely N-dealkylation sites (tertiary alicyclic amines) is 1. The van der Waals surface area contributed by atoms with Crippen molar-refractivity contribution in [3.63, 3.8) is 0 Å². The van der Waals surface area contributed by atoms with Crippen LogP contribution in [0.5, 0.6) is 0 Å². The molecule has 1 fully saturated rings. The standard InChI is InChI=1S/C16H21ClN2O3/c1-22-16(21)19-8-6-13(7-9-19)11-18-15(20)10-12-2-4-14(17)5-3-12/h2-5,13H,6-11H2,1H3,(H,18,20). The summed E-state index contributed by atoms with van der Waals surface area (Å²) in [6.07, 6.45) is 1.86. The van der Waals surface area contributed by atoms with Crippen LogP contribution in [0, 0.1) is 5.92 Å². The molecular weight excluding hydrogens is 304 g/mol. The molecule has 1 N–H and O–H groups in total. The molecule has 6 heteroatoms. The van der Waals surface area contributed by atoms with Crippen LogP contribution in [0.2, 0.25) is 5.02 Å². The smallest absolute Gasteiger partial charge is 0.409 e. The van der Waals surface area contributed by atoms with Crippen molar-refractivity contribution in [1.29, 1.82) is 0 Å². The van der Waals surface area contributed by atoms with Gasteiger partial charge >= 0.3 is 6.09 Å². The fourth-order valence-electron chi connectivity index (χ4n) is 2.56. The van der Waals surface area contributed by atoms with Gasteiger partial charge in [0, 0.05) is 24.7 Å². The van der Waals surface area contributed by atoms with Gasteiger partial charge in [-0.15, -0.1) is 0 Å². The lowest BCUT2D eigenvalue weighted by Gasteiger charge is -2.30. The van der Waals surface area contributed by atoms with Gasteiger partial charge in [-0.3, -0.25) is 4.79 Å². The Kier molecular flexibility index (Phi) is 6.07. The second kappa shape index (κ2) is 8.03. The summed E-state index contributed by atoms with van der Waals surface area (Å²) in [5, 5.41) is 3.63. The summed E-state index contributed by atoms with van der Waals surface area (Å²) in [4.78, 5) is 25.0. The van der Waals surface area contributed by atoms with Gasteiger partial charge in [0.15, 0.2) is 0 Å². The van der Waals surface area contributed by atoms with Crippen molar-refractivity contribution in [2.45, 2.75) is 19.3 Å². The van der Waals surface area contributed by atoms with Crippen LogP contribution in [0.25, 0.3) is 0 Å². The van der Waals surface area contributed by atoms with E-state index >= 15 is 0 Å². The molecule has 1 heterocycles. The number of halogens is 1. The van der Waals surface area contributed by atoms with Crippen molar-refractivity contribution in [1.82, 2.24) is 10.2 Å². The van der Waals surface area contributed by atoms with Gasteiger partial charge in [0.2, 0.25) is 5.91 Å². The molecule has 0 atom stereocenters. The van der Waals surface area contributed by atoms with Crippen molar-refractivity contribution in [2.75, 3.05) is 26.7 Å². The molecule has 0 saturated carbocycles. The second-order valence-corrected chi connectivity index (χ2v) is 5.94. The van der Waals surface area contributed by atoms with Crippen molar-refractivity contribution in [3.05, 3.63) is 34.9 Å². The summed E-state index contributed by atoms with van der Waals surface area (Å²) in [6.45, 7) is 2.02. The zero-order valence-electron chi connectivity index (χ0n) is 12.7. The van der Waals surface area contributed by atoms with Gasteiger partial charge in [-0.25, -0.2) is 4.79 Å². The summed E-state index contributed by atoms with van der Waals surface area (Å²) < 4.78 is 4.71. The summed E-state index contributed by atoms with van der Waals surface area (Å²) in [5.74, 6) is 0.424. The monoisotopic (exact) mass is 324 g/mol. The highest BCUT2D eigenvalue weighted by molar-refractivity contribution is 6.30. The van der Waals surface area contributed by atoms with E-state index in [4.69, 9.17) is 16.3 Å². The lowest BCUT2D eigenvalue weighted by atomic mass is 9.97. The van der Waals surface area contributed by atoms with E-state index in [1.54, 1.807) is 17.0 Å². The van der Waals surface area contributed by atoms with Crippen molar-refractivity contribution in [3.8, 4) is 0 Å². The predicted octanol–water partition coefficient (Wildman–Crippen LogP) is 2.48. The van der Waals surface area contributed by atoms with E-state index in [2.05, 4.69) is 5.32 Å². The molecule has 0 spiro atoms. The fourth-order valence-corrected chi connectivity index (χ4v) is 2.68. The van der Waals surface area contributed by atoms with Crippen LogP contribution < -0.4 is 5.32 Å². The Labute approximate surface area is 135 Å². The molecule has 1 aromatic rings. The molecule has 1 aromatic carbocycles. The van der Waals surface area contributed by atoms with Gasteiger partial charge in [0.05, 0.1) is 13.5 Å². The first kappa shape index (κ1) is 16.6. The molecule has 0 aliphatic carbocycles. The molecule has 2 rings (SSSR count). The number of carbonyl (C=O) groups excluding carboxylic acids is 2. The number of nitrogens with one attached hydrogen (secondary N) is 1. The van der Waals surface area contributed by atoms with Gasteiger partial charge in [0.1, 0.15) is 0 Å². The van der Waals surface area contributed by atoms with Crippen molar-refractivity contribution in [2.24, 2.45) is 5.92 Å². The minimum absolute atomic E-state index is 0.0118. The fraction of sp³-hybridized carbons (Fsp3) is 0.500. The minimum Gasteiger partial charge on any atom is -0.453 e. The molecule has 22 heavy (non-hydrogen) atoms. The highest BCUT2D eigenvalue weighted by Crippen LogP contribution is 2.17. The molecule has 120 valence electrons. The Morgan fingerprint density at radius 1 is 1.27 bits per heavy atom. The first-order valence-corrected chi connectivity index (χ1v) is 7.80. The number of hydrogen-bond donors (Lipinski definition) is 1. The zero-order valence-corrected chi connectivity index (χ0v) is 13.4. The third-order valence-corrected chi connectivity index (χ3v) is 4.17. The normalized spacial score (nSPS) is 15.5. The van der Waals surface area contributed by atoms with Crippen LogP contribution in [0.1, 0.15) is 18.4 Å². The molecule has 1 aliphatic heterocycles. The maximum absolute atomic E-state index is 11.9. The summed E-state index contributed by atoms with van der Waals surface area (Å²) >= 11 is 5.82. The zero-order chi connectivity index (χ0) is 15.9. The maximum atomic E-state index is 11.9. The number of piperidine rings is 1. The summed E-state index contributed by atoms with van der Waals surface area (Å²) in [5.41, 5.74) is 0.947. The molecule has 0 aromatic heterocycles. The Hall–Kier alpha value is -1.75. The third kappa shape index (κ3) is 4.91. The lowest BCUT2D eigenvalue weighted by Crippen LogP contribution is -2.41. The number of amides is 2. The number of ether oxygens (including phenoxy) is 1. The Morgan fingerprint density at radius 3 is 2.50 bits per heavy atom. The highest BCUT2D eigenvalue weighted by Gasteiger charge is 2.23. The number of hydrogen-bond acceptors (Lipinski definition) is 3. The molecule has 0 bridgehead atoms. The Bertz CT molecular complexity index is 511. The van der Waals surface area contributed by atoms with Crippen LogP contribution in [-0.2, 0) is 16.0 Å². The molecule has 1 saturated heterocycles. The number of benzene rings is 1. The molecule has 1 aliphatic rings. The highest BCUT2D eigenvalue weighted by atomic mass is 35.5. The van der Waals surface area contributed by atoms with Crippen LogP contribution in [0.4, 0.5) is 4.79 Å². The van der Waals surface area contributed by atoms with Gasteiger partial charge in [0.25, 0.3) is 0 Å². The van der Waals surface area contributed by atoms with Gasteiger partial charge in [-0.1, -0.05) is 23.7 Å². The van der Waals surface area contributed by atoms with Crippen LogP contribution in [-0.4, -0.2) is 43.6 Å².